The van der Waals surface area contributed by atoms with Gasteiger partial charge in [-0.25, -0.2) is 4.79 Å². The first kappa shape index (κ1) is 27.4. The zero-order valence-corrected chi connectivity index (χ0v) is 19.5. The summed E-state index contributed by atoms with van der Waals surface area (Å²) in [7, 11) is 1.08. The summed E-state index contributed by atoms with van der Waals surface area (Å²) in [6, 6.07) is -2.26. The molecule has 0 aromatic rings. The van der Waals surface area contributed by atoms with Crippen molar-refractivity contribution in [2.75, 3.05) is 20.2 Å². The first-order valence-electron chi connectivity index (χ1n) is 10.9. The van der Waals surface area contributed by atoms with Gasteiger partial charge >= 0.3 is 12.3 Å². The lowest BCUT2D eigenvalue weighted by Gasteiger charge is -2.36. The van der Waals surface area contributed by atoms with Crippen LogP contribution in [0, 0.1) is 28.6 Å². The Morgan fingerprint density at radius 2 is 1.94 bits per heavy atom. The monoisotopic (exact) mass is 489 g/mol. The number of hydrogen-bond donors (Lipinski definition) is 3. The quantitative estimate of drug-likeness (QED) is 0.507. The summed E-state index contributed by atoms with van der Waals surface area (Å²) >= 11 is 0. The number of alkyl halides is 3. The molecular weight excluding hydrogens is 459 g/mol. The maximum absolute atomic E-state index is 13.6. The van der Waals surface area contributed by atoms with Crippen molar-refractivity contribution >= 4 is 23.8 Å². The molecule has 0 aromatic carbocycles. The average Bonchev–Trinajstić information content (AvgIpc) is 3.39. The van der Waals surface area contributed by atoms with E-state index in [4.69, 9.17) is 0 Å². The predicted molar refractivity (Wildman–Crippen MR) is 112 cm³/mol. The molecule has 4 amide bonds. The van der Waals surface area contributed by atoms with Gasteiger partial charge in [0.05, 0.1) is 25.1 Å². The van der Waals surface area contributed by atoms with Gasteiger partial charge in [-0.05, 0) is 24.7 Å². The van der Waals surface area contributed by atoms with Crippen molar-refractivity contribution in [1.29, 1.82) is 5.26 Å². The maximum Gasteiger partial charge on any atom is 0.407 e. The summed E-state index contributed by atoms with van der Waals surface area (Å²) in [6.45, 7) is 4.68. The zero-order valence-electron chi connectivity index (χ0n) is 19.5. The van der Waals surface area contributed by atoms with Crippen LogP contribution in [0.1, 0.15) is 40.0 Å². The van der Waals surface area contributed by atoms with E-state index in [1.807, 2.05) is 6.07 Å². The zero-order chi connectivity index (χ0) is 25.8. The standard InChI is InChI=1S/C21H30F3N5O5/c1-20(2,3)15(28-19(33)34-4)18(32)29(13(9-25)7-11-5-6-26-16(11)30)17(31)14-8-12(10-27-14)21(22,23)24/h11-15,27H,5-8,10H2,1-4H3,(H,26,30)(H,28,33)/t11-,12+,13-,14-,15+/m0/s1. The van der Waals surface area contributed by atoms with E-state index in [-0.39, 0.29) is 12.3 Å². The topological polar surface area (TPSA) is 141 Å². The molecule has 5 atom stereocenters. The molecule has 13 heteroatoms. The normalized spacial score (nSPS) is 24.5. The predicted octanol–water partition coefficient (Wildman–Crippen LogP) is 1.07. The van der Waals surface area contributed by atoms with E-state index in [1.54, 1.807) is 20.8 Å². The maximum atomic E-state index is 13.6. The number of methoxy groups -OCH3 is 1. The molecule has 2 heterocycles. The number of nitriles is 1. The van der Waals surface area contributed by atoms with Crippen molar-refractivity contribution in [3.63, 3.8) is 0 Å². The van der Waals surface area contributed by atoms with Crippen LogP contribution >= 0.6 is 0 Å². The van der Waals surface area contributed by atoms with E-state index in [0.717, 1.165) is 7.11 Å². The first-order valence-corrected chi connectivity index (χ1v) is 10.9. The number of rotatable bonds is 6. The van der Waals surface area contributed by atoms with Gasteiger partial charge in [-0.15, -0.1) is 0 Å². The highest BCUT2D eigenvalue weighted by molar-refractivity contribution is 6.02. The highest BCUT2D eigenvalue weighted by Gasteiger charge is 2.49. The summed E-state index contributed by atoms with van der Waals surface area (Å²) in [6.07, 6.45) is -5.88. The fourth-order valence-electron chi connectivity index (χ4n) is 4.08. The van der Waals surface area contributed by atoms with Gasteiger partial charge in [-0.3, -0.25) is 19.3 Å². The Balaban J connectivity index is 2.41. The molecule has 34 heavy (non-hydrogen) atoms. The van der Waals surface area contributed by atoms with E-state index >= 15 is 0 Å². The third-order valence-electron chi connectivity index (χ3n) is 6.06. The molecule has 0 bridgehead atoms. The first-order chi connectivity index (χ1) is 15.7. The molecule has 0 unspecified atom stereocenters. The van der Waals surface area contributed by atoms with Crippen molar-refractivity contribution in [2.45, 2.75) is 64.3 Å². The molecule has 3 N–H and O–H groups in total. The summed E-state index contributed by atoms with van der Waals surface area (Å²) in [5.74, 6) is -4.75. The Labute approximate surface area is 195 Å². The van der Waals surface area contributed by atoms with Crippen LogP contribution in [0.15, 0.2) is 0 Å². The number of imide groups is 1. The number of nitrogens with one attached hydrogen (secondary N) is 3. The number of ether oxygens (including phenoxy) is 1. The van der Waals surface area contributed by atoms with Crippen molar-refractivity contribution < 1.29 is 37.1 Å². The van der Waals surface area contributed by atoms with Crippen molar-refractivity contribution in [1.82, 2.24) is 20.9 Å². The highest BCUT2D eigenvalue weighted by Crippen LogP contribution is 2.34. The lowest BCUT2D eigenvalue weighted by Crippen LogP contribution is -2.60. The van der Waals surface area contributed by atoms with Crippen LogP contribution in [0.3, 0.4) is 0 Å². The summed E-state index contributed by atoms with van der Waals surface area (Å²) in [5, 5.41) is 17.3. The fraction of sp³-hybridized carbons (Fsp3) is 0.762. The Morgan fingerprint density at radius 1 is 1.29 bits per heavy atom. The van der Waals surface area contributed by atoms with E-state index in [9.17, 15) is 37.6 Å². The third-order valence-corrected chi connectivity index (χ3v) is 6.06. The minimum Gasteiger partial charge on any atom is -0.453 e. The van der Waals surface area contributed by atoms with Crippen molar-refractivity contribution in [3.8, 4) is 6.07 Å². The molecule has 0 radical (unpaired) electrons. The van der Waals surface area contributed by atoms with E-state index in [0.29, 0.717) is 17.9 Å². The fourth-order valence-corrected chi connectivity index (χ4v) is 4.08. The Bertz CT molecular complexity index is 851. The molecule has 2 rings (SSSR count). The van der Waals surface area contributed by atoms with E-state index < -0.39 is 72.4 Å². The smallest absolute Gasteiger partial charge is 0.407 e. The second-order valence-corrected chi connectivity index (χ2v) is 9.57. The second kappa shape index (κ2) is 10.6. The van der Waals surface area contributed by atoms with Gasteiger partial charge in [0, 0.05) is 19.0 Å². The molecule has 2 aliphatic heterocycles. The van der Waals surface area contributed by atoms with Crippen LogP contribution < -0.4 is 16.0 Å². The summed E-state index contributed by atoms with van der Waals surface area (Å²) in [4.78, 5) is 51.5. The number of hydrogen-bond acceptors (Lipinski definition) is 7. The van der Waals surface area contributed by atoms with Gasteiger partial charge in [0.25, 0.3) is 5.91 Å². The molecule has 2 fully saturated rings. The van der Waals surface area contributed by atoms with Gasteiger partial charge in [0.2, 0.25) is 11.8 Å². The molecule has 2 aliphatic rings. The number of alkyl carbamates (subject to hydrolysis) is 1. The number of carbonyl (C=O) groups is 4. The Kier molecular flexibility index (Phi) is 8.52. The molecule has 0 spiro atoms. The number of carbonyl (C=O) groups excluding carboxylic acids is 4. The highest BCUT2D eigenvalue weighted by atomic mass is 19.4. The second-order valence-electron chi connectivity index (χ2n) is 9.57. The lowest BCUT2D eigenvalue weighted by molar-refractivity contribution is -0.169. The lowest BCUT2D eigenvalue weighted by atomic mass is 9.85. The number of nitrogens with zero attached hydrogens (tertiary/aromatic N) is 2. The number of amides is 4. The van der Waals surface area contributed by atoms with Crippen LogP contribution in [-0.4, -0.2) is 73.2 Å². The average molecular weight is 489 g/mol. The van der Waals surface area contributed by atoms with Gasteiger partial charge < -0.3 is 20.7 Å². The van der Waals surface area contributed by atoms with E-state index in [1.165, 1.54) is 0 Å². The minimum absolute atomic E-state index is 0.176. The van der Waals surface area contributed by atoms with Gasteiger partial charge in [0.1, 0.15) is 12.1 Å². The minimum atomic E-state index is -4.53. The van der Waals surface area contributed by atoms with Crippen LogP contribution in [-0.2, 0) is 19.1 Å². The Hall–Kier alpha value is -2.88. The Morgan fingerprint density at radius 3 is 2.38 bits per heavy atom. The van der Waals surface area contributed by atoms with Gasteiger partial charge in [-0.2, -0.15) is 18.4 Å². The third kappa shape index (κ3) is 6.37. The largest absolute Gasteiger partial charge is 0.453 e. The molecule has 2 saturated heterocycles. The molecule has 0 saturated carbocycles. The van der Waals surface area contributed by atoms with Crippen molar-refractivity contribution in [3.05, 3.63) is 0 Å². The van der Waals surface area contributed by atoms with Crippen LogP contribution in [0.2, 0.25) is 0 Å². The molecule has 190 valence electrons. The summed E-state index contributed by atoms with van der Waals surface area (Å²) in [5.41, 5.74) is -0.952. The molecule has 0 aliphatic carbocycles. The van der Waals surface area contributed by atoms with Gasteiger partial charge in [-0.1, -0.05) is 20.8 Å². The van der Waals surface area contributed by atoms with E-state index in [2.05, 4.69) is 20.7 Å². The SMILES string of the molecule is COC(=O)N[C@H](C(=O)N(C(=O)[C@@H]1C[C@@H](C(F)(F)F)CN1)[C@H](C#N)C[C@@H]1CCNC1=O)C(C)(C)C. The van der Waals surface area contributed by atoms with Crippen LogP contribution in [0.5, 0.6) is 0 Å². The van der Waals surface area contributed by atoms with Gasteiger partial charge in [0.15, 0.2) is 0 Å². The molecule has 0 aromatic heterocycles. The summed E-state index contributed by atoms with van der Waals surface area (Å²) < 4.78 is 44.1. The van der Waals surface area contributed by atoms with Crippen LogP contribution in [0.4, 0.5) is 18.0 Å². The van der Waals surface area contributed by atoms with Crippen molar-refractivity contribution in [2.24, 2.45) is 17.3 Å². The molecule has 10 nitrogen and oxygen atoms in total. The number of halogens is 3. The van der Waals surface area contributed by atoms with Crippen LogP contribution in [0.25, 0.3) is 0 Å². The molecular formula is C21H30F3N5O5.